The summed E-state index contributed by atoms with van der Waals surface area (Å²) in [4.78, 5) is 35.8. The number of nitrogens with one attached hydrogen (secondary N) is 1. The van der Waals surface area contributed by atoms with E-state index in [0.717, 1.165) is 69.4 Å². The Morgan fingerprint density at radius 3 is 2.58 bits per heavy atom. The maximum Gasteiger partial charge on any atom is 0.254 e. The molecule has 2 bridgehead atoms. The lowest BCUT2D eigenvalue weighted by atomic mass is 10.00. The maximum absolute atomic E-state index is 13.8. The number of aryl methyl sites for hydroxylation is 1. The van der Waals surface area contributed by atoms with E-state index in [1.54, 1.807) is 7.11 Å². The van der Waals surface area contributed by atoms with Crippen LogP contribution in [0.1, 0.15) is 41.6 Å². The van der Waals surface area contributed by atoms with Gasteiger partial charge in [-0.15, -0.1) is 0 Å². The first-order valence-electron chi connectivity index (χ1n) is 16.8. The van der Waals surface area contributed by atoms with Gasteiger partial charge in [0.05, 0.1) is 24.9 Å². The maximum atomic E-state index is 13.8. The summed E-state index contributed by atoms with van der Waals surface area (Å²) in [5, 5.41) is 11.9. The highest BCUT2D eigenvalue weighted by Gasteiger charge is 2.47. The Balaban J connectivity index is 1.15. The van der Waals surface area contributed by atoms with Gasteiger partial charge >= 0.3 is 0 Å². The van der Waals surface area contributed by atoms with Crippen LogP contribution >= 0.6 is 0 Å². The van der Waals surface area contributed by atoms with E-state index in [1.165, 1.54) is 18.9 Å². The molecule has 4 heterocycles. The molecule has 3 aromatic carbocycles. The number of benzene rings is 3. The van der Waals surface area contributed by atoms with Crippen LogP contribution in [0.3, 0.4) is 0 Å². The van der Waals surface area contributed by atoms with Crippen molar-refractivity contribution in [3.05, 3.63) is 82.1 Å². The molecule has 6 aromatic rings. The lowest BCUT2D eigenvalue weighted by Crippen LogP contribution is -2.41. The summed E-state index contributed by atoms with van der Waals surface area (Å²) >= 11 is 0. The van der Waals surface area contributed by atoms with Crippen LogP contribution in [0.4, 0.5) is 0 Å². The van der Waals surface area contributed by atoms with Gasteiger partial charge in [-0.25, -0.2) is 4.98 Å². The van der Waals surface area contributed by atoms with Gasteiger partial charge < -0.3 is 34.6 Å². The van der Waals surface area contributed by atoms with Gasteiger partial charge in [-0.05, 0) is 90.6 Å². The minimum atomic E-state index is -0.225. The summed E-state index contributed by atoms with van der Waals surface area (Å²) in [6.07, 6.45) is 4.46. The first-order chi connectivity index (χ1) is 23.3. The molecule has 2 unspecified atom stereocenters. The monoisotopic (exact) mass is 642 g/mol. The number of hydrogen-bond acceptors (Lipinski definition) is 6. The van der Waals surface area contributed by atoms with E-state index in [-0.39, 0.29) is 30.2 Å². The van der Waals surface area contributed by atoms with Gasteiger partial charge in [0.1, 0.15) is 11.3 Å². The zero-order valence-corrected chi connectivity index (χ0v) is 27.1. The highest BCUT2D eigenvalue weighted by Crippen LogP contribution is 2.41. The topological polar surface area (TPSA) is 131 Å². The summed E-state index contributed by atoms with van der Waals surface area (Å²) < 4.78 is 10.3. The Morgan fingerprint density at radius 2 is 1.85 bits per heavy atom. The van der Waals surface area contributed by atoms with Crippen molar-refractivity contribution in [1.29, 1.82) is 0 Å². The molecule has 10 nitrogen and oxygen atoms in total. The second-order valence-electron chi connectivity index (χ2n) is 13.9. The Bertz CT molecular complexity index is 2350. The molecule has 244 valence electrons. The van der Waals surface area contributed by atoms with Crippen LogP contribution in [0.2, 0.25) is 0 Å². The minimum absolute atomic E-state index is 0.00779. The van der Waals surface area contributed by atoms with Crippen LogP contribution in [0.5, 0.6) is 5.75 Å². The third-order valence-corrected chi connectivity index (χ3v) is 11.0. The van der Waals surface area contributed by atoms with Crippen molar-refractivity contribution in [2.24, 2.45) is 24.6 Å². The number of ether oxygens (including phenoxy) is 1. The number of piperidine rings is 1. The van der Waals surface area contributed by atoms with Crippen LogP contribution in [0.25, 0.3) is 55.5 Å². The lowest BCUT2D eigenvalue weighted by molar-refractivity contribution is 0.0700. The number of likely N-dealkylation sites (tertiary alicyclic amines) is 1. The van der Waals surface area contributed by atoms with Gasteiger partial charge in [-0.2, -0.15) is 0 Å². The van der Waals surface area contributed by atoms with Crippen LogP contribution in [-0.2, 0) is 20.2 Å². The van der Waals surface area contributed by atoms with Gasteiger partial charge in [0.15, 0.2) is 5.82 Å². The molecular formula is C38H38N6O4. The SMILES string of the molecule is COc1cc(C(=O)N2CC3CCC2[C@@H]3N)cc2nc(-c3cc4ccc(-c5ccc6[nH]c(=O)cc(CO)c6c5)cc4n3CC3CC3)n(C)c12. The lowest BCUT2D eigenvalue weighted by Gasteiger charge is -2.27. The molecule has 3 aliphatic rings. The number of rotatable bonds is 7. The van der Waals surface area contributed by atoms with Crippen molar-refractivity contribution >= 4 is 38.7 Å². The van der Waals surface area contributed by atoms with Crippen molar-refractivity contribution in [3.63, 3.8) is 0 Å². The van der Waals surface area contributed by atoms with E-state index >= 15 is 0 Å². The molecule has 3 aromatic heterocycles. The fourth-order valence-corrected chi connectivity index (χ4v) is 8.28. The molecule has 1 amide bonds. The van der Waals surface area contributed by atoms with Gasteiger partial charge in [0, 0.05) is 65.7 Å². The van der Waals surface area contributed by atoms with Crippen LogP contribution in [0.15, 0.2) is 65.5 Å². The van der Waals surface area contributed by atoms with Crippen LogP contribution < -0.4 is 16.0 Å². The summed E-state index contributed by atoms with van der Waals surface area (Å²) in [6.45, 7) is 1.39. The molecule has 4 N–H and O–H groups in total. The minimum Gasteiger partial charge on any atom is -0.494 e. The first kappa shape index (κ1) is 29.2. The molecule has 10 heteroatoms. The number of amides is 1. The standard InChI is InChI=1S/C38H38N6O4/c1-42-36-29(12-25(15-33(36)48-2)38(47)44-18-24-8-10-30(44)35(24)39)41-37(42)32-14-23-6-5-22(13-31(23)43(32)17-20-3-4-20)21-7-9-28-27(11-21)26(19-45)16-34(46)40-28/h5-7,9,11-16,20,24,30,35,45H,3-4,8,10,17-19,39H2,1-2H3,(H,40,46)/t24?,30?,35-/m1/s1. The van der Waals surface area contributed by atoms with Gasteiger partial charge in [-0.1, -0.05) is 18.2 Å². The number of carbonyl (C=O) groups excluding carboxylic acids is 1. The van der Waals surface area contributed by atoms with E-state index in [4.69, 9.17) is 15.5 Å². The normalized spacial score (nSPS) is 20.5. The predicted molar refractivity (Wildman–Crippen MR) is 186 cm³/mol. The number of H-pyrrole nitrogens is 1. The Morgan fingerprint density at radius 1 is 1.04 bits per heavy atom. The molecular weight excluding hydrogens is 604 g/mol. The molecule has 0 spiro atoms. The molecule has 3 atom stereocenters. The second-order valence-corrected chi connectivity index (χ2v) is 13.9. The zero-order valence-electron chi connectivity index (χ0n) is 27.1. The second kappa shape index (κ2) is 10.8. The average Bonchev–Trinajstić information content (AvgIpc) is 3.50. The van der Waals surface area contributed by atoms with Crippen LogP contribution in [0, 0.1) is 11.8 Å². The summed E-state index contributed by atoms with van der Waals surface area (Å²) in [6, 6.07) is 20.0. The number of carbonyl (C=O) groups is 1. The smallest absolute Gasteiger partial charge is 0.254 e. The third-order valence-electron chi connectivity index (χ3n) is 11.0. The largest absolute Gasteiger partial charge is 0.494 e. The number of aromatic amines is 1. The summed E-state index contributed by atoms with van der Waals surface area (Å²) in [5.41, 5.74) is 13.9. The Hall–Kier alpha value is -4.93. The number of pyridine rings is 1. The van der Waals surface area contributed by atoms with Crippen molar-refractivity contribution in [1.82, 2.24) is 24.0 Å². The molecule has 3 fully saturated rings. The van der Waals surface area contributed by atoms with Crippen molar-refractivity contribution in [2.45, 2.75) is 50.9 Å². The average molecular weight is 643 g/mol. The number of hydrogen-bond donors (Lipinski definition) is 3. The number of aliphatic hydroxyl groups is 1. The molecule has 9 rings (SSSR count). The van der Waals surface area contributed by atoms with Crippen molar-refractivity contribution in [2.75, 3.05) is 13.7 Å². The number of aliphatic hydroxyl groups excluding tert-OH is 1. The molecule has 48 heavy (non-hydrogen) atoms. The van der Waals surface area contributed by atoms with Gasteiger partial charge in [0.25, 0.3) is 5.91 Å². The number of nitrogens with two attached hydrogens (primary N) is 1. The summed E-state index contributed by atoms with van der Waals surface area (Å²) in [7, 11) is 3.65. The highest BCUT2D eigenvalue weighted by molar-refractivity contribution is 6.01. The fraction of sp³-hybridized carbons (Fsp3) is 0.342. The fourth-order valence-electron chi connectivity index (χ4n) is 8.28. The number of imidazole rings is 1. The molecule has 0 radical (unpaired) electrons. The quantitative estimate of drug-likeness (QED) is 0.220. The van der Waals surface area contributed by atoms with E-state index in [2.05, 4.69) is 38.4 Å². The van der Waals surface area contributed by atoms with Gasteiger partial charge in [-0.3, -0.25) is 9.59 Å². The Labute approximate surface area is 276 Å². The third kappa shape index (κ3) is 4.50. The first-order valence-corrected chi connectivity index (χ1v) is 16.8. The molecule has 2 aliphatic carbocycles. The molecule has 2 saturated carbocycles. The van der Waals surface area contributed by atoms with E-state index in [9.17, 15) is 14.7 Å². The van der Waals surface area contributed by atoms with E-state index in [0.29, 0.717) is 40.8 Å². The van der Waals surface area contributed by atoms with E-state index in [1.807, 2.05) is 42.3 Å². The molecule has 1 aliphatic heterocycles. The zero-order chi connectivity index (χ0) is 32.8. The van der Waals surface area contributed by atoms with Gasteiger partial charge in [0.2, 0.25) is 5.56 Å². The van der Waals surface area contributed by atoms with Crippen LogP contribution in [-0.4, -0.2) is 60.8 Å². The number of fused-ring (bicyclic) bond motifs is 5. The molecule has 1 saturated heterocycles. The predicted octanol–water partition coefficient (Wildman–Crippen LogP) is 5.18. The number of aromatic nitrogens is 4. The number of methoxy groups -OCH3 is 1. The Kier molecular flexibility index (Phi) is 6.57. The highest BCUT2D eigenvalue weighted by atomic mass is 16.5. The number of nitrogens with zero attached hydrogens (tertiary/aromatic N) is 4. The van der Waals surface area contributed by atoms with Crippen molar-refractivity contribution in [3.8, 4) is 28.4 Å². The van der Waals surface area contributed by atoms with Crippen molar-refractivity contribution < 1.29 is 14.6 Å². The van der Waals surface area contributed by atoms with E-state index < -0.39 is 0 Å². The summed E-state index contributed by atoms with van der Waals surface area (Å²) in [5.74, 6) is 2.42.